The molecule has 0 radical (unpaired) electrons. The molecule has 24 heavy (non-hydrogen) atoms. The van der Waals surface area contributed by atoms with Crippen LogP contribution in [0.3, 0.4) is 0 Å². The minimum atomic E-state index is -0.287. The zero-order valence-electron chi connectivity index (χ0n) is 14.4. The fourth-order valence-corrected chi connectivity index (χ4v) is 2.38. The zero-order valence-corrected chi connectivity index (χ0v) is 14.4. The van der Waals surface area contributed by atoms with Crippen LogP contribution in [-0.2, 0) is 13.1 Å². The molecule has 0 saturated heterocycles. The number of amides is 2. The SMILES string of the molecule is CCN(Cc1cccc(F)c1)C(=O)NCc1ccc(N(C)C)cc1. The molecule has 0 aliphatic rings. The lowest BCUT2D eigenvalue weighted by molar-refractivity contribution is 0.197. The number of benzene rings is 2. The van der Waals surface area contributed by atoms with Crippen LogP contribution in [0.25, 0.3) is 0 Å². The molecular weight excluding hydrogens is 305 g/mol. The van der Waals surface area contributed by atoms with Gasteiger partial charge in [-0.25, -0.2) is 9.18 Å². The molecule has 0 spiro atoms. The van der Waals surface area contributed by atoms with Crippen molar-refractivity contribution in [2.45, 2.75) is 20.0 Å². The van der Waals surface area contributed by atoms with Gasteiger partial charge in [-0.2, -0.15) is 0 Å². The molecule has 0 aliphatic carbocycles. The Morgan fingerprint density at radius 2 is 1.79 bits per heavy atom. The highest BCUT2D eigenvalue weighted by Crippen LogP contribution is 2.12. The van der Waals surface area contributed by atoms with Gasteiger partial charge in [0.15, 0.2) is 0 Å². The molecule has 0 fully saturated rings. The van der Waals surface area contributed by atoms with Gasteiger partial charge in [0.05, 0.1) is 0 Å². The van der Waals surface area contributed by atoms with Crippen molar-refractivity contribution in [1.82, 2.24) is 10.2 Å². The van der Waals surface area contributed by atoms with Gasteiger partial charge in [-0.05, 0) is 42.3 Å². The number of carbonyl (C=O) groups excluding carboxylic acids is 1. The van der Waals surface area contributed by atoms with Crippen LogP contribution < -0.4 is 10.2 Å². The first-order chi connectivity index (χ1) is 11.5. The molecule has 2 amide bonds. The fourth-order valence-electron chi connectivity index (χ4n) is 2.38. The quantitative estimate of drug-likeness (QED) is 0.878. The Kier molecular flexibility index (Phi) is 6.18. The summed E-state index contributed by atoms with van der Waals surface area (Å²) in [6.45, 7) is 3.32. The summed E-state index contributed by atoms with van der Waals surface area (Å²) >= 11 is 0. The number of nitrogens with zero attached hydrogens (tertiary/aromatic N) is 2. The van der Waals surface area contributed by atoms with Crippen molar-refractivity contribution >= 4 is 11.7 Å². The number of halogens is 1. The monoisotopic (exact) mass is 329 g/mol. The van der Waals surface area contributed by atoms with E-state index in [1.54, 1.807) is 11.0 Å². The molecule has 0 heterocycles. The standard InChI is InChI=1S/C19H24FN3O/c1-4-23(14-16-6-5-7-17(20)12-16)19(24)21-13-15-8-10-18(11-9-15)22(2)3/h5-12H,4,13-14H2,1-3H3,(H,21,24). The van der Waals surface area contributed by atoms with Crippen molar-refractivity contribution in [3.05, 3.63) is 65.5 Å². The van der Waals surface area contributed by atoms with Crippen molar-refractivity contribution in [1.29, 1.82) is 0 Å². The third-order valence-corrected chi connectivity index (χ3v) is 3.83. The zero-order chi connectivity index (χ0) is 17.5. The Morgan fingerprint density at radius 1 is 1.08 bits per heavy atom. The Morgan fingerprint density at radius 3 is 2.38 bits per heavy atom. The number of hydrogen-bond donors (Lipinski definition) is 1. The average Bonchev–Trinajstić information content (AvgIpc) is 2.58. The molecule has 0 bridgehead atoms. The van der Waals surface area contributed by atoms with Gasteiger partial charge in [0.1, 0.15) is 5.82 Å². The lowest BCUT2D eigenvalue weighted by Gasteiger charge is -2.21. The maximum absolute atomic E-state index is 13.3. The predicted octanol–water partition coefficient (Wildman–Crippen LogP) is 3.62. The highest BCUT2D eigenvalue weighted by atomic mass is 19.1. The second-order valence-corrected chi connectivity index (χ2v) is 5.86. The van der Waals surface area contributed by atoms with Crippen LogP contribution in [0.15, 0.2) is 48.5 Å². The molecule has 0 atom stereocenters. The van der Waals surface area contributed by atoms with Crippen LogP contribution >= 0.6 is 0 Å². The third kappa shape index (κ3) is 4.98. The summed E-state index contributed by atoms with van der Waals surface area (Å²) in [4.78, 5) is 16.0. The average molecular weight is 329 g/mol. The van der Waals surface area contributed by atoms with E-state index in [9.17, 15) is 9.18 Å². The van der Waals surface area contributed by atoms with Crippen molar-refractivity contribution in [2.24, 2.45) is 0 Å². The van der Waals surface area contributed by atoms with Crippen molar-refractivity contribution in [3.63, 3.8) is 0 Å². The van der Waals surface area contributed by atoms with Gasteiger partial charge in [-0.15, -0.1) is 0 Å². The van der Waals surface area contributed by atoms with Crippen LogP contribution in [0.1, 0.15) is 18.1 Å². The highest BCUT2D eigenvalue weighted by Gasteiger charge is 2.12. The van der Waals surface area contributed by atoms with E-state index in [2.05, 4.69) is 5.32 Å². The van der Waals surface area contributed by atoms with E-state index in [4.69, 9.17) is 0 Å². The van der Waals surface area contributed by atoms with E-state index in [-0.39, 0.29) is 11.8 Å². The van der Waals surface area contributed by atoms with E-state index in [0.29, 0.717) is 19.6 Å². The van der Waals surface area contributed by atoms with Gasteiger partial charge >= 0.3 is 6.03 Å². The van der Waals surface area contributed by atoms with Crippen LogP contribution in [0.2, 0.25) is 0 Å². The molecule has 1 N–H and O–H groups in total. The van der Waals surface area contributed by atoms with E-state index in [1.807, 2.05) is 56.3 Å². The summed E-state index contributed by atoms with van der Waals surface area (Å²) in [6, 6.07) is 14.2. The summed E-state index contributed by atoms with van der Waals surface area (Å²) in [7, 11) is 3.98. The van der Waals surface area contributed by atoms with Gasteiger partial charge in [0, 0.05) is 39.4 Å². The number of urea groups is 1. The number of nitrogens with one attached hydrogen (secondary N) is 1. The number of carbonyl (C=O) groups is 1. The number of rotatable bonds is 6. The first-order valence-electron chi connectivity index (χ1n) is 8.03. The van der Waals surface area contributed by atoms with Gasteiger partial charge < -0.3 is 15.1 Å². The van der Waals surface area contributed by atoms with E-state index < -0.39 is 0 Å². The topological polar surface area (TPSA) is 35.6 Å². The lowest BCUT2D eigenvalue weighted by Crippen LogP contribution is -2.39. The minimum absolute atomic E-state index is 0.154. The molecule has 2 rings (SSSR count). The normalized spacial score (nSPS) is 10.3. The van der Waals surface area contributed by atoms with Crippen molar-refractivity contribution in [2.75, 3.05) is 25.5 Å². The molecule has 2 aromatic rings. The molecule has 0 saturated carbocycles. The highest BCUT2D eigenvalue weighted by molar-refractivity contribution is 5.74. The van der Waals surface area contributed by atoms with Crippen molar-refractivity contribution in [3.8, 4) is 0 Å². The molecule has 4 nitrogen and oxygen atoms in total. The smallest absolute Gasteiger partial charge is 0.317 e. The maximum atomic E-state index is 13.3. The van der Waals surface area contributed by atoms with Crippen LogP contribution in [0, 0.1) is 5.82 Å². The van der Waals surface area contributed by atoms with Gasteiger partial charge in [0.25, 0.3) is 0 Å². The first-order valence-corrected chi connectivity index (χ1v) is 8.03. The lowest BCUT2D eigenvalue weighted by atomic mass is 10.2. The molecular formula is C19H24FN3O. The minimum Gasteiger partial charge on any atom is -0.378 e. The Labute approximate surface area is 142 Å². The van der Waals surface area contributed by atoms with Gasteiger partial charge in [-0.1, -0.05) is 24.3 Å². The number of hydrogen-bond acceptors (Lipinski definition) is 2. The maximum Gasteiger partial charge on any atom is 0.317 e. The largest absolute Gasteiger partial charge is 0.378 e. The molecule has 5 heteroatoms. The second-order valence-electron chi connectivity index (χ2n) is 5.86. The molecule has 0 aromatic heterocycles. The molecule has 128 valence electrons. The van der Waals surface area contributed by atoms with Gasteiger partial charge in [-0.3, -0.25) is 0 Å². The van der Waals surface area contributed by atoms with E-state index in [1.165, 1.54) is 12.1 Å². The third-order valence-electron chi connectivity index (χ3n) is 3.83. The Hall–Kier alpha value is -2.56. The fraction of sp³-hybridized carbons (Fsp3) is 0.316. The Balaban J connectivity index is 1.91. The van der Waals surface area contributed by atoms with Gasteiger partial charge in [0.2, 0.25) is 0 Å². The van der Waals surface area contributed by atoms with Crippen LogP contribution in [0.4, 0.5) is 14.9 Å². The summed E-state index contributed by atoms with van der Waals surface area (Å²) < 4.78 is 13.3. The molecule has 0 aliphatic heterocycles. The van der Waals surface area contributed by atoms with Crippen molar-refractivity contribution < 1.29 is 9.18 Å². The van der Waals surface area contributed by atoms with E-state index >= 15 is 0 Å². The first kappa shape index (κ1) is 17.8. The molecule has 0 unspecified atom stereocenters. The summed E-state index contributed by atoms with van der Waals surface area (Å²) in [5, 5.41) is 2.91. The predicted molar refractivity (Wildman–Crippen MR) is 95.5 cm³/mol. The summed E-state index contributed by atoms with van der Waals surface area (Å²) in [5.74, 6) is -0.287. The van der Waals surface area contributed by atoms with Crippen LogP contribution in [0.5, 0.6) is 0 Å². The molecule has 2 aromatic carbocycles. The van der Waals surface area contributed by atoms with Crippen LogP contribution in [-0.4, -0.2) is 31.6 Å². The summed E-state index contributed by atoms with van der Waals surface area (Å²) in [5.41, 5.74) is 2.93. The van der Waals surface area contributed by atoms with E-state index in [0.717, 1.165) is 16.8 Å². The summed E-state index contributed by atoms with van der Waals surface area (Å²) in [6.07, 6.45) is 0. The Bertz CT molecular complexity index is 671. The number of anilines is 1. The second kappa shape index (κ2) is 8.34.